The number of halogens is 6. The summed E-state index contributed by atoms with van der Waals surface area (Å²) in [6.07, 6.45) is -7.61. The second kappa shape index (κ2) is 13.3. The first-order valence-electron chi connectivity index (χ1n) is 13.8. The first-order chi connectivity index (χ1) is 19.8. The van der Waals surface area contributed by atoms with E-state index in [1.54, 1.807) is 12.1 Å². The molecule has 3 N–H and O–H groups in total. The van der Waals surface area contributed by atoms with Crippen LogP contribution >= 0.6 is 0 Å². The number of nitrogens with zero attached hydrogens (tertiary/aromatic N) is 1. The highest BCUT2D eigenvalue weighted by Crippen LogP contribution is 2.40. The molecule has 0 aromatic heterocycles. The van der Waals surface area contributed by atoms with Gasteiger partial charge < -0.3 is 20.6 Å². The molecule has 7 nitrogen and oxygen atoms in total. The Hall–Kier alpha value is -3.77. The lowest BCUT2D eigenvalue weighted by Crippen LogP contribution is -2.45. The maximum atomic E-state index is 13.5. The van der Waals surface area contributed by atoms with Gasteiger partial charge in [0.15, 0.2) is 0 Å². The maximum Gasteiger partial charge on any atom is 0.416 e. The Balaban J connectivity index is 1.86. The van der Waals surface area contributed by atoms with Gasteiger partial charge in [-0.15, -0.1) is 0 Å². The molecule has 0 bridgehead atoms. The summed E-state index contributed by atoms with van der Waals surface area (Å²) in [6, 6.07) is 5.91. The van der Waals surface area contributed by atoms with Crippen LogP contribution in [0.2, 0.25) is 0 Å². The van der Waals surface area contributed by atoms with Crippen molar-refractivity contribution >= 4 is 23.6 Å². The van der Waals surface area contributed by atoms with Crippen LogP contribution in [0.3, 0.4) is 0 Å². The Morgan fingerprint density at radius 1 is 0.860 bits per heavy atom. The fourth-order valence-electron chi connectivity index (χ4n) is 5.19. The van der Waals surface area contributed by atoms with Crippen LogP contribution in [0.4, 0.5) is 36.8 Å². The van der Waals surface area contributed by atoms with E-state index >= 15 is 0 Å². The van der Waals surface area contributed by atoms with Crippen LogP contribution in [0.25, 0.3) is 0 Å². The number of hydrogen-bond donors (Lipinski definition) is 3. The van der Waals surface area contributed by atoms with Crippen molar-refractivity contribution < 1.29 is 45.8 Å². The minimum absolute atomic E-state index is 0.000570. The van der Waals surface area contributed by atoms with Gasteiger partial charge in [0.1, 0.15) is 0 Å². The predicted molar refractivity (Wildman–Crippen MR) is 147 cm³/mol. The number of carboxylic acids is 1. The lowest BCUT2D eigenvalue weighted by atomic mass is 9.71. The van der Waals surface area contributed by atoms with Crippen LogP contribution < -0.4 is 10.6 Å². The normalized spacial score (nSPS) is 17.7. The highest BCUT2D eigenvalue weighted by Gasteiger charge is 2.38. The molecule has 0 saturated heterocycles. The molecule has 13 heteroatoms. The number of nitrogens with one attached hydrogen (secondary N) is 2. The highest BCUT2D eigenvalue weighted by atomic mass is 19.4. The topological polar surface area (TPSA) is 98.7 Å². The van der Waals surface area contributed by atoms with E-state index in [-0.39, 0.29) is 42.6 Å². The average molecular weight is 616 g/mol. The molecule has 3 amide bonds. The average Bonchev–Trinajstić information content (AvgIpc) is 2.90. The molecule has 1 aliphatic carbocycles. The van der Waals surface area contributed by atoms with Gasteiger partial charge in [-0.1, -0.05) is 32.9 Å². The second-order valence-electron chi connectivity index (χ2n) is 11.8. The SMILES string of the molecule is CC(C)(C)[C@H]1CC[C@H](N(Cc2ccc(C(=O)NCCC(=O)O)cc2)C(=O)Nc2cc(C(F)(F)F)cc(C(F)(F)F)c2)CC1. The summed E-state index contributed by atoms with van der Waals surface area (Å²) in [7, 11) is 0. The van der Waals surface area contributed by atoms with E-state index < -0.39 is 47.1 Å². The fourth-order valence-corrected chi connectivity index (χ4v) is 5.19. The molecule has 3 rings (SSSR count). The molecule has 1 fully saturated rings. The molecule has 0 aliphatic heterocycles. The standard InChI is InChI=1S/C30H35F6N3O4/c1-28(2,3)20-8-10-24(11-9-20)39(17-18-4-6-19(7-5-18)26(42)37-13-12-25(40)41)27(43)38-23-15-21(29(31,32)33)14-22(16-23)30(34,35)36/h4-7,14-16,20,24H,8-13,17H2,1-3H3,(H,37,42)(H,38,43)(H,40,41)/t20-,24-. The molecule has 0 atom stereocenters. The number of alkyl halides is 6. The Bertz CT molecular complexity index is 1260. The molecule has 2 aromatic rings. The Morgan fingerprint density at radius 2 is 1.40 bits per heavy atom. The molecule has 0 heterocycles. The van der Waals surface area contributed by atoms with Gasteiger partial charge >= 0.3 is 24.4 Å². The monoisotopic (exact) mass is 615 g/mol. The number of benzene rings is 2. The van der Waals surface area contributed by atoms with Gasteiger partial charge in [0.05, 0.1) is 17.5 Å². The summed E-state index contributed by atoms with van der Waals surface area (Å²) in [6.45, 7) is 6.28. The second-order valence-corrected chi connectivity index (χ2v) is 11.8. The maximum absolute atomic E-state index is 13.5. The molecule has 1 aliphatic rings. The van der Waals surface area contributed by atoms with Crippen molar-refractivity contribution in [3.8, 4) is 0 Å². The number of rotatable bonds is 8. The summed E-state index contributed by atoms with van der Waals surface area (Å²) >= 11 is 0. The van der Waals surface area contributed by atoms with Crippen molar-refractivity contribution in [1.29, 1.82) is 0 Å². The smallest absolute Gasteiger partial charge is 0.416 e. The molecule has 1 saturated carbocycles. The lowest BCUT2D eigenvalue weighted by Gasteiger charge is -2.41. The van der Waals surface area contributed by atoms with Crippen molar-refractivity contribution in [3.05, 3.63) is 64.7 Å². The predicted octanol–water partition coefficient (Wildman–Crippen LogP) is 7.57. The van der Waals surface area contributed by atoms with E-state index in [4.69, 9.17) is 5.11 Å². The van der Waals surface area contributed by atoms with E-state index in [1.165, 1.54) is 17.0 Å². The first kappa shape index (κ1) is 33.7. The van der Waals surface area contributed by atoms with E-state index in [1.807, 2.05) is 0 Å². The van der Waals surface area contributed by atoms with E-state index in [9.17, 15) is 40.7 Å². The lowest BCUT2D eigenvalue weighted by molar-refractivity contribution is -0.143. The minimum Gasteiger partial charge on any atom is -0.481 e. The third-order valence-corrected chi connectivity index (χ3v) is 7.66. The Morgan fingerprint density at radius 3 is 1.86 bits per heavy atom. The van der Waals surface area contributed by atoms with E-state index in [0.29, 0.717) is 36.5 Å². The number of carboxylic acid groups (broad SMARTS) is 1. The third kappa shape index (κ3) is 9.62. The zero-order valence-corrected chi connectivity index (χ0v) is 24.0. The first-order valence-corrected chi connectivity index (χ1v) is 13.8. The van der Waals surface area contributed by atoms with Crippen LogP contribution in [0.1, 0.15) is 79.9 Å². The molecule has 236 valence electrons. The van der Waals surface area contributed by atoms with Gasteiger partial charge in [-0.3, -0.25) is 9.59 Å². The van der Waals surface area contributed by atoms with Gasteiger partial charge in [-0.05, 0) is 72.9 Å². The quantitative estimate of drug-likeness (QED) is 0.267. The number of urea groups is 1. The summed E-state index contributed by atoms with van der Waals surface area (Å²) in [5.74, 6) is -1.18. The van der Waals surface area contributed by atoms with Crippen LogP contribution in [0.15, 0.2) is 42.5 Å². The van der Waals surface area contributed by atoms with Crippen molar-refractivity contribution in [2.75, 3.05) is 11.9 Å². The van der Waals surface area contributed by atoms with Crippen LogP contribution in [0, 0.1) is 11.3 Å². The Labute approximate surface area is 245 Å². The number of carbonyl (C=O) groups excluding carboxylic acids is 2. The number of amides is 3. The van der Waals surface area contributed by atoms with Crippen molar-refractivity contribution in [2.45, 2.75) is 77.8 Å². The number of aliphatic carboxylic acids is 1. The molecular weight excluding hydrogens is 580 g/mol. The minimum atomic E-state index is -5.06. The van der Waals surface area contributed by atoms with Gasteiger partial charge in [0.2, 0.25) is 0 Å². The number of hydrogen-bond acceptors (Lipinski definition) is 3. The Kier molecular flexibility index (Phi) is 10.4. The van der Waals surface area contributed by atoms with E-state index in [2.05, 4.69) is 31.4 Å². The van der Waals surface area contributed by atoms with E-state index in [0.717, 1.165) is 12.8 Å². The van der Waals surface area contributed by atoms with Crippen LogP contribution in [-0.4, -0.2) is 40.5 Å². The zero-order chi connectivity index (χ0) is 32.2. The molecular formula is C30H35F6N3O4. The summed E-state index contributed by atoms with van der Waals surface area (Å²) in [5, 5.41) is 13.5. The van der Waals surface area contributed by atoms with Gasteiger partial charge in [0.25, 0.3) is 5.91 Å². The van der Waals surface area contributed by atoms with Gasteiger partial charge in [0, 0.05) is 30.4 Å². The fraction of sp³-hybridized carbons (Fsp3) is 0.500. The van der Waals surface area contributed by atoms with Crippen LogP contribution in [-0.2, 0) is 23.7 Å². The summed E-state index contributed by atoms with van der Waals surface area (Å²) in [4.78, 5) is 37.9. The highest BCUT2D eigenvalue weighted by molar-refractivity contribution is 5.94. The molecule has 0 spiro atoms. The molecule has 43 heavy (non-hydrogen) atoms. The van der Waals surface area contributed by atoms with Gasteiger partial charge in [-0.25, -0.2) is 4.79 Å². The molecule has 2 aromatic carbocycles. The number of carbonyl (C=O) groups is 3. The summed E-state index contributed by atoms with van der Waals surface area (Å²) in [5.41, 5.74) is -2.84. The van der Waals surface area contributed by atoms with Crippen molar-refractivity contribution in [3.63, 3.8) is 0 Å². The molecule has 0 radical (unpaired) electrons. The summed E-state index contributed by atoms with van der Waals surface area (Å²) < 4.78 is 80.4. The van der Waals surface area contributed by atoms with Gasteiger partial charge in [-0.2, -0.15) is 26.3 Å². The number of anilines is 1. The molecule has 0 unspecified atom stereocenters. The van der Waals surface area contributed by atoms with Crippen LogP contribution in [0.5, 0.6) is 0 Å². The zero-order valence-electron chi connectivity index (χ0n) is 24.0. The third-order valence-electron chi connectivity index (χ3n) is 7.66. The van der Waals surface area contributed by atoms with Crippen molar-refractivity contribution in [2.24, 2.45) is 11.3 Å². The largest absolute Gasteiger partial charge is 0.481 e. The van der Waals surface area contributed by atoms with Crippen molar-refractivity contribution in [1.82, 2.24) is 10.2 Å².